The van der Waals surface area contributed by atoms with Crippen molar-refractivity contribution in [3.05, 3.63) is 54.1 Å². The molecule has 2 amide bonds. The molecule has 0 spiro atoms. The van der Waals surface area contributed by atoms with Crippen LogP contribution in [0.1, 0.15) is 10.9 Å². The van der Waals surface area contributed by atoms with Crippen LogP contribution in [0.15, 0.2) is 48.5 Å². The molecule has 1 aliphatic rings. The molecule has 126 valence electrons. The minimum atomic E-state index is -0.0917. The molecule has 1 atom stereocenters. The number of amides is 2. The summed E-state index contributed by atoms with van der Waals surface area (Å²) in [5.41, 5.74) is 1.86. The lowest BCUT2D eigenvalue weighted by molar-refractivity contribution is 0.214. The van der Waals surface area contributed by atoms with Crippen LogP contribution in [0.3, 0.4) is 0 Å². The Hall–Kier alpha value is -2.34. The molecule has 6 heteroatoms. The van der Waals surface area contributed by atoms with Crippen LogP contribution in [0.4, 0.5) is 10.5 Å². The van der Waals surface area contributed by atoms with Crippen molar-refractivity contribution in [1.82, 2.24) is 4.90 Å². The van der Waals surface area contributed by atoms with Crippen molar-refractivity contribution < 1.29 is 14.3 Å². The number of hydrogen-bond acceptors (Lipinski definition) is 4. The summed E-state index contributed by atoms with van der Waals surface area (Å²) in [7, 11) is 3.27. The van der Waals surface area contributed by atoms with Gasteiger partial charge >= 0.3 is 6.03 Å². The van der Waals surface area contributed by atoms with E-state index < -0.39 is 0 Å². The van der Waals surface area contributed by atoms with E-state index in [4.69, 9.17) is 9.47 Å². The Labute approximate surface area is 145 Å². The normalized spacial score (nSPS) is 16.8. The Kier molecular flexibility index (Phi) is 5.15. The standard InChI is InChI=1S/C18H20N2O3S/c1-22-15-7-3-13(4-8-15)17-20(11-12-24-17)18(21)19-14-5-9-16(23-2)10-6-14/h3-10,17H,11-12H2,1-2H3,(H,19,21). The van der Waals surface area contributed by atoms with Crippen molar-refractivity contribution in [2.75, 3.05) is 31.8 Å². The summed E-state index contributed by atoms with van der Waals surface area (Å²) < 4.78 is 10.3. The molecule has 0 saturated carbocycles. The Bertz CT molecular complexity index is 688. The van der Waals surface area contributed by atoms with Crippen LogP contribution in [-0.4, -0.2) is 37.4 Å². The quantitative estimate of drug-likeness (QED) is 0.911. The smallest absolute Gasteiger partial charge is 0.323 e. The minimum Gasteiger partial charge on any atom is -0.497 e. The molecular formula is C18H20N2O3S. The van der Waals surface area contributed by atoms with Gasteiger partial charge in [-0.2, -0.15) is 0 Å². The zero-order valence-corrected chi connectivity index (χ0v) is 14.5. The average molecular weight is 344 g/mol. The number of nitrogens with one attached hydrogen (secondary N) is 1. The lowest BCUT2D eigenvalue weighted by atomic mass is 10.2. The maximum absolute atomic E-state index is 12.6. The topological polar surface area (TPSA) is 50.8 Å². The van der Waals surface area contributed by atoms with Gasteiger partial charge in [-0.15, -0.1) is 11.8 Å². The molecule has 0 aliphatic carbocycles. The number of methoxy groups -OCH3 is 2. The number of rotatable bonds is 4. The van der Waals surface area contributed by atoms with Gasteiger partial charge < -0.3 is 19.7 Å². The summed E-state index contributed by atoms with van der Waals surface area (Å²) in [6.07, 6.45) is 0. The maximum atomic E-state index is 12.6. The molecule has 24 heavy (non-hydrogen) atoms. The number of carbonyl (C=O) groups is 1. The van der Waals surface area contributed by atoms with Crippen molar-refractivity contribution in [1.29, 1.82) is 0 Å². The summed E-state index contributed by atoms with van der Waals surface area (Å²) in [5.74, 6) is 2.50. The average Bonchev–Trinajstić information content (AvgIpc) is 3.12. The van der Waals surface area contributed by atoms with E-state index in [0.29, 0.717) is 0 Å². The van der Waals surface area contributed by atoms with Crippen molar-refractivity contribution in [3.63, 3.8) is 0 Å². The first-order valence-corrected chi connectivity index (χ1v) is 8.73. The fourth-order valence-electron chi connectivity index (χ4n) is 2.59. The first kappa shape index (κ1) is 16.5. The molecule has 1 saturated heterocycles. The number of ether oxygens (including phenoxy) is 2. The van der Waals surface area contributed by atoms with Crippen LogP contribution >= 0.6 is 11.8 Å². The van der Waals surface area contributed by atoms with Crippen LogP contribution in [0.5, 0.6) is 11.5 Å². The third-order valence-electron chi connectivity index (χ3n) is 3.89. The van der Waals surface area contributed by atoms with Crippen LogP contribution in [0, 0.1) is 0 Å². The number of anilines is 1. The van der Waals surface area contributed by atoms with E-state index in [-0.39, 0.29) is 11.4 Å². The van der Waals surface area contributed by atoms with E-state index in [2.05, 4.69) is 5.32 Å². The monoisotopic (exact) mass is 344 g/mol. The van der Waals surface area contributed by atoms with Gasteiger partial charge in [0.25, 0.3) is 0 Å². The molecule has 1 aliphatic heterocycles. The fourth-order valence-corrected chi connectivity index (χ4v) is 3.85. The molecule has 5 nitrogen and oxygen atoms in total. The largest absolute Gasteiger partial charge is 0.497 e. The molecular weight excluding hydrogens is 324 g/mol. The first-order valence-electron chi connectivity index (χ1n) is 7.68. The molecule has 2 aromatic rings. The molecule has 1 heterocycles. The summed E-state index contributed by atoms with van der Waals surface area (Å²) in [6.45, 7) is 0.726. The van der Waals surface area contributed by atoms with Crippen LogP contribution < -0.4 is 14.8 Å². The lowest BCUT2D eigenvalue weighted by Gasteiger charge is -2.24. The Morgan fingerprint density at radius 1 is 1.04 bits per heavy atom. The second kappa shape index (κ2) is 7.49. The maximum Gasteiger partial charge on any atom is 0.323 e. The van der Waals surface area contributed by atoms with Gasteiger partial charge in [-0.05, 0) is 42.0 Å². The number of urea groups is 1. The molecule has 1 N–H and O–H groups in total. The predicted octanol–water partition coefficient (Wildman–Crippen LogP) is 3.98. The minimum absolute atomic E-state index is 0.0224. The van der Waals surface area contributed by atoms with Gasteiger partial charge in [-0.1, -0.05) is 12.1 Å². The van der Waals surface area contributed by atoms with Gasteiger partial charge in [-0.25, -0.2) is 4.79 Å². The summed E-state index contributed by atoms with van der Waals surface area (Å²) in [4.78, 5) is 14.5. The van der Waals surface area contributed by atoms with E-state index in [1.807, 2.05) is 53.4 Å². The molecule has 2 aromatic carbocycles. The van der Waals surface area contributed by atoms with Crippen molar-refractivity contribution in [2.45, 2.75) is 5.37 Å². The number of thioether (sulfide) groups is 1. The highest BCUT2D eigenvalue weighted by atomic mass is 32.2. The highest BCUT2D eigenvalue weighted by Crippen LogP contribution is 2.38. The summed E-state index contributed by atoms with van der Waals surface area (Å²) in [5, 5.41) is 2.97. The zero-order chi connectivity index (χ0) is 16.9. The number of nitrogens with zero attached hydrogens (tertiary/aromatic N) is 1. The van der Waals surface area contributed by atoms with E-state index >= 15 is 0 Å². The van der Waals surface area contributed by atoms with Gasteiger partial charge in [0.15, 0.2) is 0 Å². The van der Waals surface area contributed by atoms with Gasteiger partial charge in [0.2, 0.25) is 0 Å². The highest BCUT2D eigenvalue weighted by molar-refractivity contribution is 7.99. The molecule has 3 rings (SSSR count). The van der Waals surface area contributed by atoms with E-state index in [1.54, 1.807) is 26.0 Å². The molecule has 0 aromatic heterocycles. The second-order valence-corrected chi connectivity index (χ2v) is 6.54. The molecule has 1 fully saturated rings. The summed E-state index contributed by atoms with van der Waals surface area (Å²) in [6, 6.07) is 15.1. The van der Waals surface area contributed by atoms with Crippen molar-refractivity contribution in [3.8, 4) is 11.5 Å². The first-order chi connectivity index (χ1) is 11.7. The van der Waals surface area contributed by atoms with E-state index in [1.165, 1.54) is 0 Å². The number of hydrogen-bond donors (Lipinski definition) is 1. The molecule has 0 radical (unpaired) electrons. The number of carbonyl (C=O) groups excluding carboxylic acids is 1. The van der Waals surface area contributed by atoms with Gasteiger partial charge in [-0.3, -0.25) is 0 Å². The third kappa shape index (κ3) is 3.59. The van der Waals surface area contributed by atoms with Crippen molar-refractivity contribution in [2.24, 2.45) is 0 Å². The van der Waals surface area contributed by atoms with Crippen LogP contribution in [0.2, 0.25) is 0 Å². The van der Waals surface area contributed by atoms with Crippen LogP contribution in [0.25, 0.3) is 0 Å². The molecule has 0 bridgehead atoms. The zero-order valence-electron chi connectivity index (χ0n) is 13.7. The Morgan fingerprint density at radius 2 is 1.62 bits per heavy atom. The van der Waals surface area contributed by atoms with Gasteiger partial charge in [0, 0.05) is 18.0 Å². The lowest BCUT2D eigenvalue weighted by Crippen LogP contribution is -2.34. The van der Waals surface area contributed by atoms with E-state index in [0.717, 1.165) is 35.0 Å². The number of benzene rings is 2. The second-order valence-electron chi connectivity index (χ2n) is 5.35. The predicted molar refractivity (Wildman–Crippen MR) is 96.9 cm³/mol. The van der Waals surface area contributed by atoms with E-state index in [9.17, 15) is 4.79 Å². The van der Waals surface area contributed by atoms with Gasteiger partial charge in [0.05, 0.1) is 14.2 Å². The Morgan fingerprint density at radius 3 is 2.21 bits per heavy atom. The van der Waals surface area contributed by atoms with Crippen molar-refractivity contribution >= 4 is 23.5 Å². The fraction of sp³-hybridized carbons (Fsp3) is 0.278. The van der Waals surface area contributed by atoms with Crippen LogP contribution in [-0.2, 0) is 0 Å². The van der Waals surface area contributed by atoms with Gasteiger partial charge in [0.1, 0.15) is 16.9 Å². The SMILES string of the molecule is COc1ccc(NC(=O)N2CCSC2c2ccc(OC)cc2)cc1. The highest BCUT2D eigenvalue weighted by Gasteiger charge is 2.30. The summed E-state index contributed by atoms with van der Waals surface area (Å²) >= 11 is 1.77. The Balaban J connectivity index is 1.70. The molecule has 1 unspecified atom stereocenters. The third-order valence-corrected chi connectivity index (χ3v) is 5.15.